The fraction of sp³-hybridized carbons (Fsp3) is 0.174. The van der Waals surface area contributed by atoms with Crippen LogP contribution in [0.1, 0.15) is 17.9 Å². The van der Waals surface area contributed by atoms with Crippen molar-refractivity contribution < 1.29 is 22.3 Å². The number of anilines is 2. The Balaban J connectivity index is 1.52. The molecule has 3 aromatic rings. The van der Waals surface area contributed by atoms with Crippen LogP contribution in [0.4, 0.5) is 15.8 Å². The lowest BCUT2D eigenvalue weighted by atomic mass is 10.1. The maximum absolute atomic E-state index is 14.0. The number of carbonyl (C=O) groups is 1. The van der Waals surface area contributed by atoms with Gasteiger partial charge in [0.15, 0.2) is 0 Å². The molecule has 2 unspecified atom stereocenters. The van der Waals surface area contributed by atoms with E-state index >= 15 is 0 Å². The highest BCUT2D eigenvalue weighted by Crippen LogP contribution is 2.48. The maximum atomic E-state index is 14.0. The molecule has 4 rings (SSSR count). The molecule has 166 valence electrons. The van der Waals surface area contributed by atoms with Crippen molar-refractivity contribution in [2.45, 2.75) is 17.2 Å². The number of halogens is 2. The smallest absolute Gasteiger partial charge is 0.265 e. The van der Waals surface area contributed by atoms with Crippen molar-refractivity contribution in [1.82, 2.24) is 0 Å². The number of nitrogens with one attached hydrogen (secondary N) is 2. The Morgan fingerprint density at radius 1 is 1.06 bits per heavy atom. The minimum absolute atomic E-state index is 0.125. The van der Waals surface area contributed by atoms with Crippen LogP contribution in [0, 0.1) is 11.7 Å². The van der Waals surface area contributed by atoms with Crippen LogP contribution in [0.3, 0.4) is 0 Å². The van der Waals surface area contributed by atoms with Gasteiger partial charge >= 0.3 is 0 Å². The molecule has 1 fully saturated rings. The summed E-state index contributed by atoms with van der Waals surface area (Å²) >= 11 is 5.85. The van der Waals surface area contributed by atoms with Crippen LogP contribution in [0.5, 0.6) is 5.75 Å². The van der Waals surface area contributed by atoms with Crippen LogP contribution in [0.2, 0.25) is 5.02 Å². The number of hydrogen-bond donors (Lipinski definition) is 2. The van der Waals surface area contributed by atoms with E-state index in [1.54, 1.807) is 36.4 Å². The molecule has 0 radical (unpaired) electrons. The third-order valence-corrected chi connectivity index (χ3v) is 6.90. The minimum Gasteiger partial charge on any atom is -0.495 e. The number of amides is 1. The first-order valence-corrected chi connectivity index (χ1v) is 11.7. The molecule has 1 saturated carbocycles. The van der Waals surface area contributed by atoms with Gasteiger partial charge in [0.05, 0.1) is 7.11 Å². The van der Waals surface area contributed by atoms with E-state index in [1.807, 2.05) is 0 Å². The first kappa shape index (κ1) is 22.1. The number of sulfonamides is 1. The fourth-order valence-electron chi connectivity index (χ4n) is 3.53. The molecule has 2 N–H and O–H groups in total. The number of hydrogen-bond acceptors (Lipinski definition) is 4. The third kappa shape index (κ3) is 4.71. The average Bonchev–Trinajstić information content (AvgIpc) is 3.56. The Kier molecular flexibility index (Phi) is 6.08. The summed E-state index contributed by atoms with van der Waals surface area (Å²) < 4.78 is 47.5. The molecule has 1 aliphatic carbocycles. The van der Waals surface area contributed by atoms with Gasteiger partial charge in [-0.3, -0.25) is 9.52 Å². The van der Waals surface area contributed by atoms with Gasteiger partial charge in [0.2, 0.25) is 5.91 Å². The Morgan fingerprint density at radius 3 is 2.44 bits per heavy atom. The first-order valence-electron chi connectivity index (χ1n) is 9.80. The molecule has 2 atom stereocenters. The van der Waals surface area contributed by atoms with E-state index in [1.165, 1.54) is 37.4 Å². The molecule has 32 heavy (non-hydrogen) atoms. The Morgan fingerprint density at radius 2 is 1.75 bits per heavy atom. The van der Waals surface area contributed by atoms with Gasteiger partial charge in [0.25, 0.3) is 10.0 Å². The van der Waals surface area contributed by atoms with E-state index < -0.39 is 10.0 Å². The Labute approximate surface area is 190 Å². The lowest BCUT2D eigenvalue weighted by molar-refractivity contribution is -0.117. The van der Waals surface area contributed by atoms with Crippen LogP contribution < -0.4 is 14.8 Å². The molecule has 3 aromatic carbocycles. The summed E-state index contributed by atoms with van der Waals surface area (Å²) in [6, 6.07) is 16.9. The van der Waals surface area contributed by atoms with Gasteiger partial charge in [0, 0.05) is 22.3 Å². The molecular weight excluding hydrogens is 455 g/mol. The van der Waals surface area contributed by atoms with Gasteiger partial charge in [0.1, 0.15) is 16.5 Å². The van der Waals surface area contributed by atoms with Crippen molar-refractivity contribution in [3.8, 4) is 5.75 Å². The quantitative estimate of drug-likeness (QED) is 0.503. The zero-order valence-corrected chi connectivity index (χ0v) is 18.6. The highest BCUT2D eigenvalue weighted by atomic mass is 35.5. The summed E-state index contributed by atoms with van der Waals surface area (Å²) in [5.74, 6) is -1.07. The van der Waals surface area contributed by atoms with E-state index in [4.69, 9.17) is 16.3 Å². The highest BCUT2D eigenvalue weighted by Gasteiger charge is 2.45. The number of methoxy groups -OCH3 is 1. The molecule has 1 aliphatic rings. The maximum Gasteiger partial charge on any atom is 0.265 e. The lowest BCUT2D eigenvalue weighted by Crippen LogP contribution is -2.17. The molecule has 9 heteroatoms. The van der Waals surface area contributed by atoms with Crippen molar-refractivity contribution in [2.24, 2.45) is 5.92 Å². The van der Waals surface area contributed by atoms with Crippen LogP contribution >= 0.6 is 11.6 Å². The third-order valence-electron chi connectivity index (χ3n) is 5.25. The lowest BCUT2D eigenvalue weighted by Gasteiger charge is -2.14. The Bertz CT molecular complexity index is 1270. The predicted octanol–water partition coefficient (Wildman–Crippen LogP) is 5.03. The van der Waals surface area contributed by atoms with E-state index in [0.29, 0.717) is 28.4 Å². The van der Waals surface area contributed by atoms with E-state index in [-0.39, 0.29) is 34.2 Å². The van der Waals surface area contributed by atoms with Crippen molar-refractivity contribution in [2.75, 3.05) is 17.1 Å². The minimum atomic E-state index is -4.01. The van der Waals surface area contributed by atoms with Crippen LogP contribution in [-0.2, 0) is 14.8 Å². The van der Waals surface area contributed by atoms with Crippen LogP contribution in [0.25, 0.3) is 0 Å². The van der Waals surface area contributed by atoms with Crippen LogP contribution in [0.15, 0.2) is 71.6 Å². The van der Waals surface area contributed by atoms with Crippen molar-refractivity contribution in [3.05, 3.63) is 83.1 Å². The van der Waals surface area contributed by atoms with Gasteiger partial charge in [-0.2, -0.15) is 0 Å². The van der Waals surface area contributed by atoms with Crippen LogP contribution in [-0.4, -0.2) is 21.4 Å². The summed E-state index contributed by atoms with van der Waals surface area (Å²) in [4.78, 5) is 12.5. The second kappa shape index (κ2) is 8.80. The number of carbonyl (C=O) groups excluding carboxylic acids is 1. The summed E-state index contributed by atoms with van der Waals surface area (Å²) in [6.45, 7) is 0. The largest absolute Gasteiger partial charge is 0.495 e. The van der Waals surface area contributed by atoms with Crippen molar-refractivity contribution in [1.29, 1.82) is 0 Å². The van der Waals surface area contributed by atoms with E-state index in [2.05, 4.69) is 10.0 Å². The zero-order valence-electron chi connectivity index (χ0n) is 17.0. The number of ether oxygens (including phenoxy) is 1. The van der Waals surface area contributed by atoms with Gasteiger partial charge in [-0.25, -0.2) is 12.8 Å². The normalized spacial score (nSPS) is 17.5. The predicted molar refractivity (Wildman–Crippen MR) is 121 cm³/mol. The first-order chi connectivity index (χ1) is 15.3. The second-order valence-corrected chi connectivity index (χ2v) is 9.52. The number of rotatable bonds is 7. The van der Waals surface area contributed by atoms with Gasteiger partial charge < -0.3 is 10.1 Å². The molecule has 0 bridgehead atoms. The number of benzene rings is 3. The molecule has 0 saturated heterocycles. The standard InChI is InChI=1S/C23H20ClFN2O4S/c1-31-21-11-10-16(12-22(21)32(29,30)27-15-8-6-14(24)7-9-15)26-23(28)19-13-18(19)17-4-2-3-5-20(17)25/h2-12,18-19,27H,13H2,1H3,(H,26,28). The zero-order chi connectivity index (χ0) is 22.9. The molecule has 0 heterocycles. The molecule has 1 amide bonds. The molecular formula is C23H20ClFN2O4S. The average molecular weight is 475 g/mol. The van der Waals surface area contributed by atoms with Crippen molar-refractivity contribution >= 4 is 38.9 Å². The monoisotopic (exact) mass is 474 g/mol. The molecule has 0 spiro atoms. The highest BCUT2D eigenvalue weighted by molar-refractivity contribution is 7.92. The van der Waals surface area contributed by atoms with Gasteiger partial charge in [-0.15, -0.1) is 0 Å². The van der Waals surface area contributed by atoms with Gasteiger partial charge in [-0.1, -0.05) is 29.8 Å². The van der Waals surface area contributed by atoms with E-state index in [9.17, 15) is 17.6 Å². The second-order valence-electron chi connectivity index (χ2n) is 7.44. The van der Waals surface area contributed by atoms with Crippen molar-refractivity contribution in [3.63, 3.8) is 0 Å². The SMILES string of the molecule is COc1ccc(NC(=O)C2CC2c2ccccc2F)cc1S(=O)(=O)Nc1ccc(Cl)cc1. The molecule has 0 aromatic heterocycles. The molecule has 0 aliphatic heterocycles. The molecule has 6 nitrogen and oxygen atoms in total. The summed E-state index contributed by atoms with van der Waals surface area (Å²) in [7, 11) is -2.65. The Hall–Kier alpha value is -3.10. The summed E-state index contributed by atoms with van der Waals surface area (Å²) in [5, 5.41) is 3.21. The van der Waals surface area contributed by atoms with Gasteiger partial charge in [-0.05, 0) is 66.4 Å². The topological polar surface area (TPSA) is 84.5 Å². The summed E-state index contributed by atoms with van der Waals surface area (Å²) in [5.41, 5.74) is 1.14. The van der Waals surface area contributed by atoms with E-state index in [0.717, 1.165) is 0 Å². The fourth-order valence-corrected chi connectivity index (χ4v) is 4.91. The summed E-state index contributed by atoms with van der Waals surface area (Å²) in [6.07, 6.45) is 0.534.